The van der Waals surface area contributed by atoms with Crippen molar-refractivity contribution in [2.45, 2.75) is 44.6 Å². The van der Waals surface area contributed by atoms with Gasteiger partial charge in [0.2, 0.25) is 0 Å². The van der Waals surface area contributed by atoms with E-state index in [4.69, 9.17) is 9.40 Å². The second-order valence-corrected chi connectivity index (χ2v) is 12.3. The molecule has 1 unspecified atom stereocenters. The minimum absolute atomic E-state index is 0.0942. The number of sulfone groups is 1. The Morgan fingerprint density at radius 1 is 0.977 bits per heavy atom. The van der Waals surface area contributed by atoms with Gasteiger partial charge < -0.3 is 18.8 Å². The summed E-state index contributed by atoms with van der Waals surface area (Å²) in [6, 6.07) is 17.4. The van der Waals surface area contributed by atoms with Crippen LogP contribution in [0.15, 0.2) is 82.2 Å². The SMILES string of the molecule is Cc1cn(-c2ccc(-c3cccc(S(C)(=O)=O)c3)cc2-c2nc(CC(C)O)oc2-c2ccc(OC(F)(F)F)cc2)c(C)n1. The average molecular weight is 612 g/mol. The number of hydrogen-bond acceptors (Lipinski definition) is 7. The minimum Gasteiger partial charge on any atom is -0.440 e. The molecule has 3 aromatic carbocycles. The summed E-state index contributed by atoms with van der Waals surface area (Å²) in [7, 11) is -3.46. The Hall–Kier alpha value is -4.42. The van der Waals surface area contributed by atoms with Crippen LogP contribution in [0.5, 0.6) is 5.75 Å². The van der Waals surface area contributed by atoms with Gasteiger partial charge in [0.15, 0.2) is 21.5 Å². The number of halogens is 3. The number of hydrogen-bond donors (Lipinski definition) is 1. The molecular formula is C31H28F3N3O5S. The van der Waals surface area contributed by atoms with Crippen LogP contribution in [-0.4, -0.2) is 46.8 Å². The van der Waals surface area contributed by atoms with Gasteiger partial charge in [-0.15, -0.1) is 13.2 Å². The molecule has 0 saturated heterocycles. The zero-order valence-electron chi connectivity index (χ0n) is 23.7. The number of aliphatic hydroxyl groups excluding tert-OH is 1. The van der Waals surface area contributed by atoms with E-state index >= 15 is 0 Å². The molecule has 0 aliphatic rings. The fraction of sp³-hybridized carbons (Fsp3) is 0.226. The first-order valence-electron chi connectivity index (χ1n) is 13.2. The Labute approximate surface area is 246 Å². The van der Waals surface area contributed by atoms with Gasteiger partial charge in [0, 0.05) is 23.6 Å². The monoisotopic (exact) mass is 611 g/mol. The Kier molecular flexibility index (Phi) is 7.93. The molecule has 1 atom stereocenters. The van der Waals surface area contributed by atoms with E-state index in [1.165, 1.54) is 30.3 Å². The van der Waals surface area contributed by atoms with Gasteiger partial charge >= 0.3 is 6.36 Å². The molecule has 5 aromatic rings. The fourth-order valence-corrected chi connectivity index (χ4v) is 5.44. The van der Waals surface area contributed by atoms with Gasteiger partial charge in [-0.1, -0.05) is 18.2 Å². The molecular weight excluding hydrogens is 583 g/mol. The van der Waals surface area contributed by atoms with Crippen LogP contribution in [0.25, 0.3) is 39.4 Å². The van der Waals surface area contributed by atoms with Crippen molar-refractivity contribution in [2.75, 3.05) is 6.26 Å². The van der Waals surface area contributed by atoms with Crippen molar-refractivity contribution in [3.63, 3.8) is 0 Å². The molecule has 0 spiro atoms. The quantitative estimate of drug-likeness (QED) is 0.208. The number of ether oxygens (including phenoxy) is 1. The summed E-state index contributed by atoms with van der Waals surface area (Å²) < 4.78 is 74.8. The van der Waals surface area contributed by atoms with Crippen molar-refractivity contribution in [3.05, 3.63) is 90.3 Å². The highest BCUT2D eigenvalue weighted by atomic mass is 32.2. The summed E-state index contributed by atoms with van der Waals surface area (Å²) in [6.07, 6.45) is -2.52. The lowest BCUT2D eigenvalue weighted by molar-refractivity contribution is -0.274. The number of oxazole rings is 1. The zero-order valence-corrected chi connectivity index (χ0v) is 24.5. The van der Waals surface area contributed by atoms with E-state index < -0.39 is 22.3 Å². The number of aryl methyl sites for hydroxylation is 2. The van der Waals surface area contributed by atoms with Crippen LogP contribution in [0.2, 0.25) is 0 Å². The number of alkyl halides is 3. The van der Waals surface area contributed by atoms with E-state index in [1.54, 1.807) is 25.1 Å². The van der Waals surface area contributed by atoms with Crippen LogP contribution in [0.3, 0.4) is 0 Å². The third-order valence-corrected chi connectivity index (χ3v) is 7.71. The highest BCUT2D eigenvalue weighted by Crippen LogP contribution is 2.39. The zero-order chi connectivity index (χ0) is 31.1. The summed E-state index contributed by atoms with van der Waals surface area (Å²) in [5, 5.41) is 10.1. The first-order chi connectivity index (χ1) is 20.2. The van der Waals surface area contributed by atoms with Gasteiger partial charge in [-0.2, -0.15) is 0 Å². The first-order valence-corrected chi connectivity index (χ1v) is 15.1. The molecule has 0 aliphatic heterocycles. The van der Waals surface area contributed by atoms with Gasteiger partial charge in [-0.3, -0.25) is 0 Å². The largest absolute Gasteiger partial charge is 0.573 e. The smallest absolute Gasteiger partial charge is 0.440 e. The molecule has 2 heterocycles. The number of imidazole rings is 1. The summed E-state index contributed by atoms with van der Waals surface area (Å²) in [5.41, 5.74) is 4.22. The van der Waals surface area contributed by atoms with Gasteiger partial charge in [-0.25, -0.2) is 18.4 Å². The summed E-state index contributed by atoms with van der Waals surface area (Å²) >= 11 is 0. The van der Waals surface area contributed by atoms with E-state index in [-0.39, 0.29) is 28.7 Å². The molecule has 1 N–H and O–H groups in total. The van der Waals surface area contributed by atoms with Crippen molar-refractivity contribution in [1.82, 2.24) is 14.5 Å². The van der Waals surface area contributed by atoms with Gasteiger partial charge in [0.05, 0.1) is 28.8 Å². The molecule has 0 radical (unpaired) electrons. The topological polar surface area (TPSA) is 107 Å². The van der Waals surface area contributed by atoms with Crippen molar-refractivity contribution in [1.29, 1.82) is 0 Å². The lowest BCUT2D eigenvalue weighted by Crippen LogP contribution is -2.16. The van der Waals surface area contributed by atoms with E-state index in [1.807, 2.05) is 42.8 Å². The van der Waals surface area contributed by atoms with E-state index in [0.29, 0.717) is 39.5 Å². The second kappa shape index (κ2) is 11.3. The normalized spacial score (nSPS) is 12.8. The summed E-state index contributed by atoms with van der Waals surface area (Å²) in [4.78, 5) is 9.41. The molecule has 224 valence electrons. The fourth-order valence-electron chi connectivity index (χ4n) is 4.77. The Morgan fingerprint density at radius 2 is 1.65 bits per heavy atom. The lowest BCUT2D eigenvalue weighted by Gasteiger charge is -2.14. The van der Waals surface area contributed by atoms with E-state index in [9.17, 15) is 26.7 Å². The molecule has 43 heavy (non-hydrogen) atoms. The van der Waals surface area contributed by atoms with E-state index in [2.05, 4.69) is 9.72 Å². The van der Waals surface area contributed by atoms with Crippen LogP contribution in [0.4, 0.5) is 13.2 Å². The maximum atomic E-state index is 12.8. The first kappa shape index (κ1) is 30.1. The Morgan fingerprint density at radius 3 is 2.26 bits per heavy atom. The standard InChI is InChI=1S/C31H28F3N3O5S/c1-18-17-37(20(3)35-18)27-13-10-23(22-6-5-7-25(15-22)43(4,39)40)16-26(27)29-30(41-28(36-29)14-19(2)38)21-8-11-24(12-9-21)42-31(32,33)34/h5-13,15-17,19,38H,14H2,1-4H3. The minimum atomic E-state index is -4.84. The Bertz CT molecular complexity index is 1890. The molecule has 2 aromatic heterocycles. The third-order valence-electron chi connectivity index (χ3n) is 6.60. The predicted octanol–water partition coefficient (Wildman–Crippen LogP) is 6.70. The van der Waals surface area contributed by atoms with Crippen LogP contribution < -0.4 is 4.74 Å². The van der Waals surface area contributed by atoms with Crippen LogP contribution in [-0.2, 0) is 16.3 Å². The number of nitrogens with zero attached hydrogens (tertiary/aromatic N) is 3. The molecule has 0 fully saturated rings. The molecule has 8 nitrogen and oxygen atoms in total. The van der Waals surface area contributed by atoms with Crippen LogP contribution in [0, 0.1) is 13.8 Å². The average Bonchev–Trinajstić information content (AvgIpc) is 3.49. The maximum Gasteiger partial charge on any atom is 0.573 e. The van der Waals surface area contributed by atoms with Gasteiger partial charge in [0.25, 0.3) is 0 Å². The molecule has 0 bridgehead atoms. The van der Waals surface area contributed by atoms with Crippen molar-refractivity contribution < 1.29 is 35.8 Å². The number of aromatic nitrogens is 3. The molecule has 5 rings (SSSR count). The number of benzene rings is 3. The molecule has 0 saturated carbocycles. The highest BCUT2D eigenvalue weighted by molar-refractivity contribution is 7.90. The van der Waals surface area contributed by atoms with E-state index in [0.717, 1.165) is 11.9 Å². The van der Waals surface area contributed by atoms with Gasteiger partial charge in [0.1, 0.15) is 17.3 Å². The summed E-state index contributed by atoms with van der Waals surface area (Å²) in [6.45, 7) is 5.30. The van der Waals surface area contributed by atoms with Crippen molar-refractivity contribution in [2.24, 2.45) is 0 Å². The number of aliphatic hydroxyl groups is 1. The third kappa shape index (κ3) is 6.81. The van der Waals surface area contributed by atoms with Gasteiger partial charge in [-0.05, 0) is 80.4 Å². The van der Waals surface area contributed by atoms with Crippen LogP contribution >= 0.6 is 0 Å². The Balaban J connectivity index is 1.73. The van der Waals surface area contributed by atoms with Crippen molar-refractivity contribution >= 4 is 9.84 Å². The highest BCUT2D eigenvalue weighted by Gasteiger charge is 2.31. The number of rotatable bonds is 8. The maximum absolute atomic E-state index is 12.8. The lowest BCUT2D eigenvalue weighted by atomic mass is 9.98. The summed E-state index contributed by atoms with van der Waals surface area (Å²) in [5.74, 6) is 0.810. The van der Waals surface area contributed by atoms with Crippen LogP contribution in [0.1, 0.15) is 24.3 Å². The second-order valence-electron chi connectivity index (χ2n) is 10.2. The molecule has 12 heteroatoms. The van der Waals surface area contributed by atoms with Crippen molar-refractivity contribution in [3.8, 4) is 45.1 Å². The predicted molar refractivity (Wildman–Crippen MR) is 155 cm³/mol. The molecule has 0 amide bonds. The molecule has 0 aliphatic carbocycles.